The molecule has 0 aromatic carbocycles. The molecule has 5 heterocycles. The molecule has 0 spiro atoms. The smallest absolute Gasteiger partial charge is 0.249 e. The lowest BCUT2D eigenvalue weighted by Gasteiger charge is -2.33. The Labute approximate surface area is 155 Å². The van der Waals surface area contributed by atoms with Crippen LogP contribution in [-0.2, 0) is 13.0 Å². The molecule has 0 amide bonds. The van der Waals surface area contributed by atoms with E-state index in [1.807, 2.05) is 36.5 Å². The molecule has 27 heavy (non-hydrogen) atoms. The largest absolute Gasteiger partial charge is 0.419 e. The lowest BCUT2D eigenvalue weighted by atomic mass is 9.99. The maximum atomic E-state index is 5.87. The van der Waals surface area contributed by atoms with Crippen LogP contribution < -0.4 is 0 Å². The predicted octanol–water partition coefficient (Wildman–Crippen LogP) is 2.40. The zero-order valence-electron chi connectivity index (χ0n) is 14.5. The molecule has 0 saturated carbocycles. The van der Waals surface area contributed by atoms with Crippen LogP contribution >= 0.6 is 0 Å². The highest BCUT2D eigenvalue weighted by molar-refractivity contribution is 5.49. The number of H-pyrrole nitrogens is 1. The summed E-state index contributed by atoms with van der Waals surface area (Å²) in [6.45, 7) is 1.38. The highest BCUT2D eigenvalue weighted by Gasteiger charge is 2.32. The first-order chi connectivity index (χ1) is 13.4. The average molecular weight is 359 g/mol. The monoisotopic (exact) mass is 359 g/mol. The van der Waals surface area contributed by atoms with Crippen molar-refractivity contribution in [3.05, 3.63) is 78.2 Å². The molecule has 0 saturated heterocycles. The number of pyridine rings is 2. The number of imidazole rings is 1. The van der Waals surface area contributed by atoms with Crippen molar-refractivity contribution in [1.82, 2.24) is 35.0 Å². The second-order valence-electron chi connectivity index (χ2n) is 6.39. The van der Waals surface area contributed by atoms with Gasteiger partial charge in [-0.2, -0.15) is 0 Å². The normalized spacial score (nSPS) is 17.0. The SMILES string of the molecule is c1ccc(C2c3nc[nH]c3CCN2Cc2nnc(-c3cccnc3)o2)nc1. The lowest BCUT2D eigenvalue weighted by Crippen LogP contribution is -2.36. The van der Waals surface area contributed by atoms with Gasteiger partial charge in [0.15, 0.2) is 0 Å². The molecule has 4 aromatic heterocycles. The average Bonchev–Trinajstić information content (AvgIpc) is 3.39. The maximum Gasteiger partial charge on any atom is 0.249 e. The van der Waals surface area contributed by atoms with E-state index in [-0.39, 0.29) is 6.04 Å². The fourth-order valence-corrected chi connectivity index (χ4v) is 3.46. The molecule has 1 aliphatic rings. The van der Waals surface area contributed by atoms with Crippen molar-refractivity contribution in [2.75, 3.05) is 6.54 Å². The van der Waals surface area contributed by atoms with Gasteiger partial charge < -0.3 is 9.40 Å². The minimum absolute atomic E-state index is 0.0464. The van der Waals surface area contributed by atoms with Gasteiger partial charge in [0.05, 0.1) is 35.9 Å². The van der Waals surface area contributed by atoms with Gasteiger partial charge in [-0.25, -0.2) is 4.98 Å². The number of fused-ring (bicyclic) bond motifs is 1. The van der Waals surface area contributed by atoms with Crippen molar-refractivity contribution >= 4 is 0 Å². The Balaban J connectivity index is 1.45. The van der Waals surface area contributed by atoms with Crippen LogP contribution in [0.1, 0.15) is 29.0 Å². The Morgan fingerprint density at radius 2 is 2.11 bits per heavy atom. The first-order valence-corrected chi connectivity index (χ1v) is 8.78. The molecule has 8 nitrogen and oxygen atoms in total. The first kappa shape index (κ1) is 15.8. The van der Waals surface area contributed by atoms with Crippen molar-refractivity contribution in [2.24, 2.45) is 0 Å². The summed E-state index contributed by atoms with van der Waals surface area (Å²) in [5.41, 5.74) is 3.93. The number of nitrogens with zero attached hydrogens (tertiary/aromatic N) is 6. The van der Waals surface area contributed by atoms with Crippen LogP contribution in [0.3, 0.4) is 0 Å². The molecule has 1 aliphatic heterocycles. The summed E-state index contributed by atoms with van der Waals surface area (Å²) in [5.74, 6) is 1.04. The number of aromatic amines is 1. The number of aromatic nitrogens is 6. The van der Waals surface area contributed by atoms with E-state index in [0.717, 1.165) is 35.6 Å². The van der Waals surface area contributed by atoms with E-state index in [2.05, 4.69) is 35.0 Å². The quantitative estimate of drug-likeness (QED) is 0.597. The second-order valence-corrected chi connectivity index (χ2v) is 6.39. The van der Waals surface area contributed by atoms with Gasteiger partial charge in [0.25, 0.3) is 0 Å². The summed E-state index contributed by atoms with van der Waals surface area (Å²) in [7, 11) is 0. The Bertz CT molecular complexity index is 1030. The molecule has 1 unspecified atom stereocenters. The van der Waals surface area contributed by atoms with Crippen LogP contribution in [0.4, 0.5) is 0 Å². The molecular formula is C19H17N7O. The fraction of sp³-hybridized carbons (Fsp3) is 0.211. The van der Waals surface area contributed by atoms with Gasteiger partial charge in [0.2, 0.25) is 11.8 Å². The van der Waals surface area contributed by atoms with Crippen molar-refractivity contribution in [3.8, 4) is 11.5 Å². The standard InChI is InChI=1S/C19H17N7O/c1-2-8-21-15(5-1)18-17-14(22-12-23-17)6-9-26(18)11-16-24-25-19(27-16)13-4-3-7-20-10-13/h1-5,7-8,10,12,18H,6,9,11H2,(H,22,23). The zero-order valence-corrected chi connectivity index (χ0v) is 14.5. The summed E-state index contributed by atoms with van der Waals surface area (Å²) < 4.78 is 5.87. The molecule has 1 atom stereocenters. The number of nitrogens with one attached hydrogen (secondary N) is 1. The van der Waals surface area contributed by atoms with E-state index < -0.39 is 0 Å². The van der Waals surface area contributed by atoms with Crippen LogP contribution in [0.15, 0.2) is 59.7 Å². The van der Waals surface area contributed by atoms with E-state index in [1.54, 1.807) is 18.7 Å². The predicted molar refractivity (Wildman–Crippen MR) is 96.3 cm³/mol. The summed E-state index contributed by atoms with van der Waals surface area (Å²) in [6, 6.07) is 9.64. The van der Waals surface area contributed by atoms with Gasteiger partial charge in [-0.3, -0.25) is 14.9 Å². The van der Waals surface area contributed by atoms with E-state index in [0.29, 0.717) is 18.3 Å². The molecule has 134 valence electrons. The van der Waals surface area contributed by atoms with Gasteiger partial charge in [-0.1, -0.05) is 6.07 Å². The van der Waals surface area contributed by atoms with Crippen molar-refractivity contribution in [2.45, 2.75) is 19.0 Å². The fourth-order valence-electron chi connectivity index (χ4n) is 3.46. The zero-order chi connectivity index (χ0) is 18.1. The van der Waals surface area contributed by atoms with Crippen LogP contribution in [0.5, 0.6) is 0 Å². The molecule has 0 fully saturated rings. The highest BCUT2D eigenvalue weighted by Crippen LogP contribution is 2.33. The Kier molecular flexibility index (Phi) is 3.95. The second kappa shape index (κ2) is 6.73. The van der Waals surface area contributed by atoms with E-state index in [9.17, 15) is 0 Å². The number of hydrogen-bond acceptors (Lipinski definition) is 7. The van der Waals surface area contributed by atoms with Gasteiger partial charge in [-0.15, -0.1) is 10.2 Å². The molecule has 0 radical (unpaired) electrons. The summed E-state index contributed by atoms with van der Waals surface area (Å²) in [4.78, 5) is 18.7. The summed E-state index contributed by atoms with van der Waals surface area (Å²) in [5, 5.41) is 8.39. The Morgan fingerprint density at radius 1 is 1.11 bits per heavy atom. The van der Waals surface area contributed by atoms with Gasteiger partial charge in [0, 0.05) is 37.3 Å². The third kappa shape index (κ3) is 3.00. The third-order valence-corrected chi connectivity index (χ3v) is 4.71. The third-order valence-electron chi connectivity index (χ3n) is 4.71. The van der Waals surface area contributed by atoms with Crippen molar-refractivity contribution in [3.63, 3.8) is 0 Å². The molecule has 5 rings (SSSR count). The number of rotatable bonds is 4. The molecule has 4 aromatic rings. The molecule has 8 heteroatoms. The molecule has 0 aliphatic carbocycles. The van der Waals surface area contributed by atoms with Crippen LogP contribution in [0.25, 0.3) is 11.5 Å². The maximum absolute atomic E-state index is 5.87. The minimum Gasteiger partial charge on any atom is -0.419 e. The highest BCUT2D eigenvalue weighted by atomic mass is 16.4. The van der Waals surface area contributed by atoms with Crippen LogP contribution in [0, 0.1) is 0 Å². The van der Waals surface area contributed by atoms with Gasteiger partial charge >= 0.3 is 0 Å². The van der Waals surface area contributed by atoms with Crippen molar-refractivity contribution in [1.29, 1.82) is 0 Å². The van der Waals surface area contributed by atoms with E-state index in [1.165, 1.54) is 0 Å². The van der Waals surface area contributed by atoms with E-state index in [4.69, 9.17) is 4.42 Å². The minimum atomic E-state index is -0.0464. The lowest BCUT2D eigenvalue weighted by molar-refractivity contribution is 0.179. The molecular weight excluding hydrogens is 342 g/mol. The van der Waals surface area contributed by atoms with Gasteiger partial charge in [0.1, 0.15) is 0 Å². The van der Waals surface area contributed by atoms with Crippen molar-refractivity contribution < 1.29 is 4.42 Å². The van der Waals surface area contributed by atoms with Gasteiger partial charge in [-0.05, 0) is 24.3 Å². The summed E-state index contributed by atoms with van der Waals surface area (Å²) in [6.07, 6.45) is 7.87. The van der Waals surface area contributed by atoms with Crippen LogP contribution in [0.2, 0.25) is 0 Å². The van der Waals surface area contributed by atoms with Crippen LogP contribution in [-0.4, -0.2) is 41.6 Å². The Hall–Kier alpha value is -3.39. The molecule has 1 N–H and O–H groups in total. The molecule has 0 bridgehead atoms. The Morgan fingerprint density at radius 3 is 2.96 bits per heavy atom. The first-order valence-electron chi connectivity index (χ1n) is 8.78. The number of hydrogen-bond donors (Lipinski definition) is 1. The summed E-state index contributed by atoms with van der Waals surface area (Å²) >= 11 is 0. The van der Waals surface area contributed by atoms with E-state index >= 15 is 0 Å². The topological polar surface area (TPSA) is 96.6 Å².